The smallest absolute Gasteiger partial charge is 0.333 e. The number of rotatable bonds is 9. The highest BCUT2D eigenvalue weighted by molar-refractivity contribution is 7.84. The fourth-order valence-electron chi connectivity index (χ4n) is 4.37. The van der Waals surface area contributed by atoms with Gasteiger partial charge in [0.2, 0.25) is 5.78 Å². The van der Waals surface area contributed by atoms with Crippen molar-refractivity contribution in [2.75, 3.05) is 11.9 Å². The lowest BCUT2D eigenvalue weighted by atomic mass is 9.94. The highest BCUT2D eigenvalue weighted by atomic mass is 35.5. The van der Waals surface area contributed by atoms with Gasteiger partial charge < -0.3 is 5.32 Å². The predicted octanol–water partition coefficient (Wildman–Crippen LogP) is 2.96. The lowest BCUT2D eigenvalue weighted by Gasteiger charge is -2.22. The molecule has 4 atom stereocenters. The lowest BCUT2D eigenvalue weighted by molar-refractivity contribution is 0.103. The third kappa shape index (κ3) is 6.09. The van der Waals surface area contributed by atoms with Gasteiger partial charge in [-0.05, 0) is 50.7 Å². The first kappa shape index (κ1) is 24.5. The van der Waals surface area contributed by atoms with Gasteiger partial charge in [-0.3, -0.25) is 13.7 Å². The number of nitrogens with two attached hydrogens (primary N) is 1. The van der Waals surface area contributed by atoms with Crippen molar-refractivity contribution in [3.63, 3.8) is 0 Å². The van der Waals surface area contributed by atoms with Crippen LogP contribution in [0.5, 0.6) is 0 Å². The molecular formula is C22H27ClN6O4S. The zero-order valence-corrected chi connectivity index (χ0v) is 20.2. The average molecular weight is 507 g/mol. The molecule has 10 nitrogen and oxygen atoms in total. The number of nitrogens with zero attached hydrogens (tertiary/aromatic N) is 4. The predicted molar refractivity (Wildman–Crippen MR) is 127 cm³/mol. The summed E-state index contributed by atoms with van der Waals surface area (Å²) in [4.78, 5) is 21.5. The van der Waals surface area contributed by atoms with Crippen LogP contribution in [0.4, 0.5) is 5.82 Å². The van der Waals surface area contributed by atoms with Gasteiger partial charge in [-0.25, -0.2) is 15.1 Å². The van der Waals surface area contributed by atoms with E-state index >= 15 is 0 Å². The summed E-state index contributed by atoms with van der Waals surface area (Å²) >= 11 is 6.14. The second-order valence-corrected chi connectivity index (χ2v) is 10.3. The summed E-state index contributed by atoms with van der Waals surface area (Å²) in [6.45, 7) is 2.08. The molecule has 2 heterocycles. The lowest BCUT2D eigenvalue weighted by Crippen LogP contribution is -2.22. The molecule has 1 fully saturated rings. The van der Waals surface area contributed by atoms with Crippen molar-refractivity contribution < 1.29 is 17.4 Å². The molecule has 12 heteroatoms. The monoisotopic (exact) mass is 506 g/mol. The van der Waals surface area contributed by atoms with E-state index in [1.165, 1.54) is 12.5 Å². The van der Waals surface area contributed by atoms with Gasteiger partial charge in [0, 0.05) is 29.4 Å². The minimum absolute atomic E-state index is 0.0176. The summed E-state index contributed by atoms with van der Waals surface area (Å²) in [5.74, 6) is 0.378. The summed E-state index contributed by atoms with van der Waals surface area (Å²) in [6, 6.07) is 1.74. The average Bonchev–Trinajstić information content (AvgIpc) is 3.47. The Morgan fingerprint density at radius 2 is 2.24 bits per heavy atom. The molecule has 0 radical (unpaired) electrons. The Morgan fingerprint density at radius 1 is 1.41 bits per heavy atom. The second-order valence-electron chi connectivity index (χ2n) is 8.69. The molecular weight excluding hydrogens is 480 g/mol. The number of aromatic nitrogens is 4. The molecule has 2 unspecified atom stereocenters. The Hall–Kier alpha value is -2.60. The molecule has 4 rings (SSSR count). The standard InChI is InChI=1S/C22H27ClN6O4S/c1-14(16-3-2-4-17(23)10-16)29-8-7-20(28-29)21(30)19-11-25-13-26-22(19)27-18-6-5-15(9-18)12-33-34(24,31)32/h2,4,7-8,10-11,13-16,18H,3,5-6,9,12H2,1H3,(H2,24,31,32)(H,25,26,27)/t14?,15-,16?,18+/m1/s1. The van der Waals surface area contributed by atoms with Gasteiger partial charge in [-0.2, -0.15) is 13.5 Å². The first-order valence-corrected chi connectivity index (χ1v) is 12.9. The van der Waals surface area contributed by atoms with E-state index < -0.39 is 10.3 Å². The molecule has 2 aromatic rings. The van der Waals surface area contributed by atoms with Crippen LogP contribution < -0.4 is 10.5 Å². The number of hydrogen-bond donors (Lipinski definition) is 2. The van der Waals surface area contributed by atoms with Gasteiger partial charge in [-0.1, -0.05) is 23.8 Å². The Kier molecular flexibility index (Phi) is 7.46. The van der Waals surface area contributed by atoms with Crippen LogP contribution in [0, 0.1) is 11.8 Å². The summed E-state index contributed by atoms with van der Waals surface area (Å²) < 4.78 is 28.6. The van der Waals surface area contributed by atoms with Crippen molar-refractivity contribution in [2.24, 2.45) is 17.0 Å². The third-order valence-corrected chi connectivity index (χ3v) is 6.96. The summed E-state index contributed by atoms with van der Waals surface area (Å²) in [5, 5.41) is 13.4. The van der Waals surface area contributed by atoms with Gasteiger partial charge in [0.1, 0.15) is 17.8 Å². The quantitative estimate of drug-likeness (QED) is 0.494. The third-order valence-electron chi connectivity index (χ3n) is 6.24. The Bertz CT molecular complexity index is 1210. The highest BCUT2D eigenvalue weighted by Gasteiger charge is 2.28. The summed E-state index contributed by atoms with van der Waals surface area (Å²) in [5.41, 5.74) is 0.630. The van der Waals surface area contributed by atoms with Gasteiger partial charge in [0.25, 0.3) is 0 Å². The largest absolute Gasteiger partial charge is 0.367 e. The summed E-state index contributed by atoms with van der Waals surface area (Å²) in [6.07, 6.45) is 13.7. The first-order chi connectivity index (χ1) is 16.2. The minimum atomic E-state index is -3.96. The van der Waals surface area contributed by atoms with E-state index in [0.717, 1.165) is 19.3 Å². The van der Waals surface area contributed by atoms with Crippen LogP contribution in [-0.4, -0.2) is 46.6 Å². The fourth-order valence-corrected chi connectivity index (χ4v) is 5.01. The number of halogens is 1. The topological polar surface area (TPSA) is 142 Å². The Morgan fingerprint density at radius 3 is 3.00 bits per heavy atom. The zero-order chi connectivity index (χ0) is 24.3. The number of carbonyl (C=O) groups excluding carboxylic acids is 1. The molecule has 2 aliphatic carbocycles. The number of carbonyl (C=O) groups is 1. The normalized spacial score (nSPS) is 23.5. The molecule has 0 bridgehead atoms. The molecule has 0 aromatic carbocycles. The van der Waals surface area contributed by atoms with Gasteiger partial charge in [0.15, 0.2) is 0 Å². The van der Waals surface area contributed by atoms with Gasteiger partial charge in [0.05, 0.1) is 18.2 Å². The van der Waals surface area contributed by atoms with E-state index in [1.807, 2.05) is 25.2 Å². The van der Waals surface area contributed by atoms with Crippen LogP contribution in [0.1, 0.15) is 54.7 Å². The number of allylic oxidation sites excluding steroid dienone is 4. The van der Waals surface area contributed by atoms with E-state index in [9.17, 15) is 13.2 Å². The fraction of sp³-hybridized carbons (Fsp3) is 0.455. The number of ketones is 1. The minimum Gasteiger partial charge on any atom is -0.367 e. The van der Waals surface area contributed by atoms with Crippen molar-refractivity contribution in [1.82, 2.24) is 19.7 Å². The number of nitrogens with one attached hydrogen (secondary N) is 1. The van der Waals surface area contributed by atoms with Crippen molar-refractivity contribution in [3.05, 3.63) is 59.3 Å². The summed E-state index contributed by atoms with van der Waals surface area (Å²) in [7, 11) is -3.96. The molecule has 2 aromatic heterocycles. The van der Waals surface area contributed by atoms with Crippen LogP contribution in [0.3, 0.4) is 0 Å². The van der Waals surface area contributed by atoms with Crippen LogP contribution in [0.25, 0.3) is 0 Å². The Balaban J connectivity index is 1.43. The van der Waals surface area contributed by atoms with Crippen molar-refractivity contribution in [2.45, 2.75) is 44.7 Å². The molecule has 182 valence electrons. The van der Waals surface area contributed by atoms with Crippen LogP contribution in [0.2, 0.25) is 0 Å². The molecule has 0 saturated heterocycles. The van der Waals surface area contributed by atoms with Crippen LogP contribution in [-0.2, 0) is 14.5 Å². The van der Waals surface area contributed by atoms with Crippen LogP contribution >= 0.6 is 11.6 Å². The van der Waals surface area contributed by atoms with E-state index in [2.05, 4.69) is 20.4 Å². The molecule has 3 N–H and O–H groups in total. The molecule has 1 saturated carbocycles. The molecule has 2 aliphatic rings. The molecule has 0 aliphatic heterocycles. The van der Waals surface area contributed by atoms with E-state index in [1.54, 1.807) is 16.9 Å². The van der Waals surface area contributed by atoms with E-state index in [-0.39, 0.29) is 36.3 Å². The SMILES string of the molecule is CC(C1C=C(Cl)C=CC1)n1ccc(C(=O)c2cncnc2N[C@H]2CC[C@@H](COS(N)(=O)=O)C2)n1. The van der Waals surface area contributed by atoms with Gasteiger partial charge >= 0.3 is 10.3 Å². The molecule has 34 heavy (non-hydrogen) atoms. The number of anilines is 1. The van der Waals surface area contributed by atoms with Crippen molar-refractivity contribution in [1.29, 1.82) is 0 Å². The van der Waals surface area contributed by atoms with Crippen molar-refractivity contribution in [3.8, 4) is 0 Å². The second kappa shape index (κ2) is 10.3. The van der Waals surface area contributed by atoms with E-state index in [0.29, 0.717) is 28.5 Å². The molecule has 0 amide bonds. The number of hydrogen-bond acceptors (Lipinski definition) is 8. The zero-order valence-electron chi connectivity index (χ0n) is 18.7. The maximum atomic E-state index is 13.2. The van der Waals surface area contributed by atoms with Crippen molar-refractivity contribution >= 4 is 33.5 Å². The highest BCUT2D eigenvalue weighted by Crippen LogP contribution is 2.30. The Labute approximate surface area is 203 Å². The maximum absolute atomic E-state index is 13.2. The molecule has 0 spiro atoms. The van der Waals surface area contributed by atoms with Crippen LogP contribution in [0.15, 0.2) is 48.0 Å². The van der Waals surface area contributed by atoms with Gasteiger partial charge in [-0.15, -0.1) is 0 Å². The maximum Gasteiger partial charge on any atom is 0.333 e. The van der Waals surface area contributed by atoms with E-state index in [4.69, 9.17) is 20.9 Å². The first-order valence-electron chi connectivity index (χ1n) is 11.1.